The predicted molar refractivity (Wildman–Crippen MR) is 41.4 cm³/mol. The Morgan fingerprint density at radius 1 is 1.45 bits per heavy atom. The van der Waals surface area contributed by atoms with Gasteiger partial charge in [-0.2, -0.15) is 12.7 Å². The fraction of sp³-hybridized carbons (Fsp3) is 1.00. The highest BCUT2D eigenvalue weighted by atomic mass is 32.2. The highest BCUT2D eigenvalue weighted by Gasteiger charge is 2.35. The summed E-state index contributed by atoms with van der Waals surface area (Å²) >= 11 is 0. The first-order valence-corrected chi connectivity index (χ1v) is 5.03. The summed E-state index contributed by atoms with van der Waals surface area (Å²) in [4.78, 5) is 0. The number of nitrogens with zero attached hydrogens (tertiary/aromatic N) is 1. The fourth-order valence-corrected chi connectivity index (χ4v) is 1.84. The Balaban J connectivity index is 2.42. The van der Waals surface area contributed by atoms with Crippen LogP contribution in [0.5, 0.6) is 0 Å². The maximum atomic E-state index is 10.5. The second kappa shape index (κ2) is 2.73. The summed E-state index contributed by atoms with van der Waals surface area (Å²) in [7, 11) is -3.90. The molecule has 0 atom stereocenters. The van der Waals surface area contributed by atoms with Crippen molar-refractivity contribution in [2.24, 2.45) is 11.8 Å². The SMILES string of the molecule is CC(C)C1CN(S(=O)(=O)O)C1. The first kappa shape index (κ1) is 8.96. The minimum absolute atomic E-state index is 0.414. The van der Waals surface area contributed by atoms with Crippen molar-refractivity contribution in [3.05, 3.63) is 0 Å². The number of rotatable bonds is 2. The van der Waals surface area contributed by atoms with Crippen LogP contribution in [-0.4, -0.2) is 30.4 Å². The topological polar surface area (TPSA) is 57.6 Å². The lowest BCUT2D eigenvalue weighted by Gasteiger charge is -2.38. The summed E-state index contributed by atoms with van der Waals surface area (Å²) in [5, 5.41) is 0. The van der Waals surface area contributed by atoms with Crippen molar-refractivity contribution in [3.8, 4) is 0 Å². The van der Waals surface area contributed by atoms with Crippen molar-refractivity contribution in [1.29, 1.82) is 0 Å². The van der Waals surface area contributed by atoms with Gasteiger partial charge in [-0.3, -0.25) is 4.55 Å². The molecule has 0 saturated carbocycles. The third-order valence-corrected chi connectivity index (χ3v) is 3.10. The number of hydrogen-bond acceptors (Lipinski definition) is 2. The van der Waals surface area contributed by atoms with Crippen LogP contribution in [0.1, 0.15) is 13.8 Å². The molecular weight excluding hydrogens is 166 g/mol. The van der Waals surface area contributed by atoms with E-state index in [1.807, 2.05) is 13.8 Å². The first-order chi connectivity index (χ1) is 4.91. The second-order valence-electron chi connectivity index (χ2n) is 3.30. The average molecular weight is 179 g/mol. The Kier molecular flexibility index (Phi) is 2.22. The molecule has 0 radical (unpaired) electrons. The molecule has 66 valence electrons. The van der Waals surface area contributed by atoms with Crippen LogP contribution >= 0.6 is 0 Å². The summed E-state index contributed by atoms with van der Waals surface area (Å²) in [6.07, 6.45) is 0. The molecule has 0 amide bonds. The van der Waals surface area contributed by atoms with Gasteiger partial charge in [-0.05, 0) is 11.8 Å². The van der Waals surface area contributed by atoms with E-state index in [1.165, 1.54) is 0 Å². The molecule has 1 fully saturated rings. The smallest absolute Gasteiger partial charge is 0.273 e. The monoisotopic (exact) mass is 179 g/mol. The van der Waals surface area contributed by atoms with Crippen molar-refractivity contribution in [2.45, 2.75) is 13.8 Å². The molecule has 0 aromatic carbocycles. The van der Waals surface area contributed by atoms with Crippen LogP contribution in [0.3, 0.4) is 0 Å². The Morgan fingerprint density at radius 3 is 2.18 bits per heavy atom. The molecule has 1 heterocycles. The molecule has 1 aliphatic heterocycles. The predicted octanol–water partition coefficient (Wildman–Crippen LogP) is 0.377. The molecule has 0 aromatic heterocycles. The molecule has 5 heteroatoms. The molecule has 0 bridgehead atoms. The van der Waals surface area contributed by atoms with Gasteiger partial charge in [-0.25, -0.2) is 0 Å². The summed E-state index contributed by atoms with van der Waals surface area (Å²) < 4.78 is 30.5. The molecular formula is C6H13NO3S. The van der Waals surface area contributed by atoms with E-state index in [0.29, 0.717) is 24.9 Å². The lowest BCUT2D eigenvalue weighted by molar-refractivity contribution is 0.140. The summed E-state index contributed by atoms with van der Waals surface area (Å²) in [6, 6.07) is 0. The van der Waals surface area contributed by atoms with E-state index < -0.39 is 10.3 Å². The molecule has 4 nitrogen and oxygen atoms in total. The highest BCUT2D eigenvalue weighted by molar-refractivity contribution is 7.83. The second-order valence-corrected chi connectivity index (χ2v) is 4.71. The van der Waals surface area contributed by atoms with E-state index in [2.05, 4.69) is 0 Å². The van der Waals surface area contributed by atoms with Gasteiger partial charge in [0.15, 0.2) is 0 Å². The van der Waals surface area contributed by atoms with Crippen LogP contribution in [0.15, 0.2) is 0 Å². The summed E-state index contributed by atoms with van der Waals surface area (Å²) in [6.45, 7) is 5.03. The molecule has 0 aliphatic carbocycles. The lowest BCUT2D eigenvalue weighted by atomic mass is 9.91. The van der Waals surface area contributed by atoms with Crippen molar-refractivity contribution in [3.63, 3.8) is 0 Å². The van der Waals surface area contributed by atoms with E-state index in [9.17, 15) is 8.42 Å². The van der Waals surface area contributed by atoms with Crippen LogP contribution < -0.4 is 0 Å². The van der Waals surface area contributed by atoms with Crippen molar-refractivity contribution in [1.82, 2.24) is 4.31 Å². The summed E-state index contributed by atoms with van der Waals surface area (Å²) in [5.74, 6) is 0.907. The Bertz CT molecular complexity index is 228. The zero-order chi connectivity index (χ0) is 8.65. The lowest BCUT2D eigenvalue weighted by Crippen LogP contribution is -2.51. The van der Waals surface area contributed by atoms with E-state index in [4.69, 9.17) is 4.55 Å². The standard InChI is InChI=1S/C6H13NO3S/c1-5(2)6-3-7(4-6)11(8,9)10/h5-6H,3-4H2,1-2H3,(H,8,9,10). The molecule has 0 aromatic rings. The molecule has 1 N–H and O–H groups in total. The summed E-state index contributed by atoms with van der Waals surface area (Å²) in [5.41, 5.74) is 0. The molecule has 0 spiro atoms. The van der Waals surface area contributed by atoms with Gasteiger partial charge in [0, 0.05) is 13.1 Å². The zero-order valence-corrected chi connectivity index (χ0v) is 7.50. The number of hydrogen-bond donors (Lipinski definition) is 1. The van der Waals surface area contributed by atoms with E-state index >= 15 is 0 Å². The van der Waals surface area contributed by atoms with Gasteiger partial charge in [-0.1, -0.05) is 13.8 Å². The van der Waals surface area contributed by atoms with Gasteiger partial charge in [0.05, 0.1) is 0 Å². The van der Waals surface area contributed by atoms with E-state index in [0.717, 1.165) is 4.31 Å². The largest absolute Gasteiger partial charge is 0.335 e. The quantitative estimate of drug-likeness (QED) is 0.623. The van der Waals surface area contributed by atoms with Crippen LogP contribution in [0.25, 0.3) is 0 Å². The van der Waals surface area contributed by atoms with Crippen molar-refractivity contribution < 1.29 is 13.0 Å². The Labute approximate surface area is 67.1 Å². The van der Waals surface area contributed by atoms with Gasteiger partial charge in [0.25, 0.3) is 0 Å². The van der Waals surface area contributed by atoms with E-state index in [1.54, 1.807) is 0 Å². The Hall–Kier alpha value is -0.130. The third-order valence-electron chi connectivity index (χ3n) is 2.15. The zero-order valence-electron chi connectivity index (χ0n) is 6.69. The van der Waals surface area contributed by atoms with Crippen LogP contribution in [0, 0.1) is 11.8 Å². The van der Waals surface area contributed by atoms with Crippen molar-refractivity contribution in [2.75, 3.05) is 13.1 Å². The van der Waals surface area contributed by atoms with Crippen LogP contribution in [-0.2, 0) is 10.3 Å². The molecule has 1 rings (SSSR count). The third kappa shape index (κ3) is 1.91. The van der Waals surface area contributed by atoms with E-state index in [-0.39, 0.29) is 0 Å². The maximum absolute atomic E-state index is 10.5. The molecule has 1 saturated heterocycles. The van der Waals surface area contributed by atoms with Crippen LogP contribution in [0.2, 0.25) is 0 Å². The average Bonchev–Trinajstić information content (AvgIpc) is 1.51. The van der Waals surface area contributed by atoms with Gasteiger partial charge in [0.1, 0.15) is 0 Å². The molecule has 11 heavy (non-hydrogen) atoms. The van der Waals surface area contributed by atoms with Gasteiger partial charge in [0.2, 0.25) is 0 Å². The normalized spacial score (nSPS) is 22.2. The molecule has 0 unspecified atom stereocenters. The fourth-order valence-electron chi connectivity index (χ4n) is 1.08. The van der Waals surface area contributed by atoms with Gasteiger partial charge in [-0.15, -0.1) is 0 Å². The molecule has 1 aliphatic rings. The first-order valence-electron chi connectivity index (χ1n) is 3.64. The van der Waals surface area contributed by atoms with Crippen molar-refractivity contribution >= 4 is 10.3 Å². The maximum Gasteiger partial charge on any atom is 0.335 e. The van der Waals surface area contributed by atoms with Gasteiger partial charge < -0.3 is 0 Å². The van der Waals surface area contributed by atoms with Gasteiger partial charge >= 0.3 is 10.3 Å². The van der Waals surface area contributed by atoms with Crippen LogP contribution in [0.4, 0.5) is 0 Å². The minimum atomic E-state index is -3.90. The highest BCUT2D eigenvalue weighted by Crippen LogP contribution is 2.24. The minimum Gasteiger partial charge on any atom is -0.273 e. The Morgan fingerprint density at radius 2 is 1.91 bits per heavy atom.